The van der Waals surface area contributed by atoms with E-state index < -0.39 is 6.36 Å². The summed E-state index contributed by atoms with van der Waals surface area (Å²) in [5.74, 6) is 1.92. The third kappa shape index (κ3) is 6.48. The van der Waals surface area contributed by atoms with Crippen LogP contribution in [0.3, 0.4) is 0 Å². The summed E-state index contributed by atoms with van der Waals surface area (Å²) in [6.45, 7) is 0.426. The molecule has 19 heavy (non-hydrogen) atoms. The van der Waals surface area contributed by atoms with Crippen molar-refractivity contribution in [2.75, 3.05) is 13.1 Å². The van der Waals surface area contributed by atoms with Gasteiger partial charge < -0.3 is 4.74 Å². The Balaban J connectivity index is 2.48. The van der Waals surface area contributed by atoms with Crippen molar-refractivity contribution in [3.8, 4) is 18.1 Å². The number of halogens is 3. The van der Waals surface area contributed by atoms with Gasteiger partial charge in [-0.05, 0) is 17.7 Å². The molecule has 0 spiro atoms. The van der Waals surface area contributed by atoms with Crippen molar-refractivity contribution in [1.29, 1.82) is 0 Å². The Morgan fingerprint density at radius 3 is 2.47 bits per heavy atom. The van der Waals surface area contributed by atoms with Gasteiger partial charge in [-0.25, -0.2) is 0 Å². The average molecular weight is 271 g/mol. The first-order valence-electron chi connectivity index (χ1n) is 5.41. The maximum atomic E-state index is 11.9. The summed E-state index contributed by atoms with van der Waals surface area (Å²) in [6, 6.07) is 5.18. The van der Waals surface area contributed by atoms with Crippen molar-refractivity contribution in [2.24, 2.45) is 0 Å². The molecule has 0 aromatic heterocycles. The normalized spacial score (nSPS) is 10.8. The molecule has 1 N–H and O–H groups in total. The molecule has 6 heteroatoms. The number of ketones is 1. The number of carbonyl (C=O) groups is 1. The zero-order valence-corrected chi connectivity index (χ0v) is 9.96. The molecule has 1 aromatic rings. The van der Waals surface area contributed by atoms with E-state index in [2.05, 4.69) is 16.0 Å². The van der Waals surface area contributed by atoms with Crippen molar-refractivity contribution < 1.29 is 22.7 Å². The lowest BCUT2D eigenvalue weighted by Crippen LogP contribution is -2.24. The molecule has 1 aromatic carbocycles. The molecule has 1 rings (SSSR count). The summed E-state index contributed by atoms with van der Waals surface area (Å²) in [5, 5.41) is 2.74. The van der Waals surface area contributed by atoms with Crippen LogP contribution >= 0.6 is 0 Å². The Bertz CT molecular complexity index is 460. The first kappa shape index (κ1) is 15.1. The lowest BCUT2D eigenvalue weighted by Gasteiger charge is -2.09. The molecule has 0 saturated carbocycles. The van der Waals surface area contributed by atoms with Crippen molar-refractivity contribution in [3.05, 3.63) is 29.8 Å². The molecule has 0 aliphatic heterocycles. The predicted molar refractivity (Wildman–Crippen MR) is 63.5 cm³/mol. The van der Waals surface area contributed by atoms with Crippen molar-refractivity contribution >= 4 is 5.78 Å². The van der Waals surface area contributed by atoms with Gasteiger partial charge in [-0.2, -0.15) is 0 Å². The van der Waals surface area contributed by atoms with E-state index in [4.69, 9.17) is 6.42 Å². The minimum absolute atomic E-state index is 0.0975. The Labute approximate surface area is 108 Å². The van der Waals surface area contributed by atoms with Gasteiger partial charge in [0.05, 0.1) is 13.1 Å². The summed E-state index contributed by atoms with van der Waals surface area (Å²) in [4.78, 5) is 11.5. The van der Waals surface area contributed by atoms with E-state index in [0.717, 1.165) is 0 Å². The SMILES string of the molecule is C#CCNCC(=O)Cc1ccc(OC(F)(F)F)cc1. The molecule has 0 radical (unpaired) electrons. The first-order valence-corrected chi connectivity index (χ1v) is 5.41. The van der Waals surface area contributed by atoms with Gasteiger partial charge in [-0.1, -0.05) is 18.1 Å². The Kier molecular flexibility index (Phi) is 5.39. The second-order valence-corrected chi connectivity index (χ2v) is 3.71. The second kappa shape index (κ2) is 6.81. The van der Waals surface area contributed by atoms with E-state index in [1.807, 2.05) is 0 Å². The summed E-state index contributed by atoms with van der Waals surface area (Å²) >= 11 is 0. The number of ether oxygens (including phenoxy) is 1. The number of rotatable bonds is 6. The Morgan fingerprint density at radius 1 is 1.32 bits per heavy atom. The van der Waals surface area contributed by atoms with Crippen LogP contribution in [0.1, 0.15) is 5.56 Å². The molecular weight excluding hydrogens is 259 g/mol. The number of nitrogens with one attached hydrogen (secondary N) is 1. The molecule has 0 saturated heterocycles. The van der Waals surface area contributed by atoms with Gasteiger partial charge in [0.2, 0.25) is 0 Å². The minimum Gasteiger partial charge on any atom is -0.406 e. The van der Waals surface area contributed by atoms with Gasteiger partial charge >= 0.3 is 6.36 Å². The molecular formula is C13H12F3NO2. The quantitative estimate of drug-likeness (QED) is 0.634. The highest BCUT2D eigenvalue weighted by atomic mass is 19.4. The third-order valence-electron chi connectivity index (χ3n) is 2.11. The summed E-state index contributed by atoms with van der Waals surface area (Å²) in [6.07, 6.45) is 0.422. The fourth-order valence-corrected chi connectivity index (χ4v) is 1.37. The van der Waals surface area contributed by atoms with E-state index in [-0.39, 0.29) is 24.5 Å². The predicted octanol–water partition coefficient (Wildman–Crippen LogP) is 1.92. The van der Waals surface area contributed by atoms with Crippen molar-refractivity contribution in [1.82, 2.24) is 5.32 Å². The monoisotopic (exact) mass is 271 g/mol. The highest BCUT2D eigenvalue weighted by Gasteiger charge is 2.30. The highest BCUT2D eigenvalue weighted by Crippen LogP contribution is 2.22. The van der Waals surface area contributed by atoms with Crippen LogP contribution in [0, 0.1) is 12.3 Å². The highest BCUT2D eigenvalue weighted by molar-refractivity contribution is 5.82. The molecule has 0 amide bonds. The van der Waals surface area contributed by atoms with Crippen LogP contribution in [0.4, 0.5) is 13.2 Å². The maximum absolute atomic E-state index is 11.9. The largest absolute Gasteiger partial charge is 0.573 e. The lowest BCUT2D eigenvalue weighted by atomic mass is 10.1. The van der Waals surface area contributed by atoms with Gasteiger partial charge in [0.15, 0.2) is 5.78 Å². The molecule has 0 atom stereocenters. The molecule has 0 bridgehead atoms. The Morgan fingerprint density at radius 2 is 1.95 bits per heavy atom. The Hall–Kier alpha value is -2.00. The molecule has 0 heterocycles. The summed E-state index contributed by atoms with van der Waals surface area (Å²) in [7, 11) is 0. The zero-order valence-electron chi connectivity index (χ0n) is 9.96. The van der Waals surface area contributed by atoms with E-state index in [9.17, 15) is 18.0 Å². The third-order valence-corrected chi connectivity index (χ3v) is 2.11. The van der Waals surface area contributed by atoms with Crippen LogP contribution in [0.5, 0.6) is 5.75 Å². The summed E-state index contributed by atoms with van der Waals surface area (Å²) < 4.78 is 39.5. The lowest BCUT2D eigenvalue weighted by molar-refractivity contribution is -0.274. The molecule has 0 unspecified atom stereocenters. The standard InChI is InChI=1S/C13H12F3NO2/c1-2-7-17-9-11(18)8-10-3-5-12(6-4-10)19-13(14,15)16/h1,3-6,17H,7-9H2. The summed E-state index contributed by atoms with van der Waals surface area (Å²) in [5.41, 5.74) is 0.613. The average Bonchev–Trinajstić information content (AvgIpc) is 2.30. The number of Topliss-reactive ketones (excluding diaryl/α,β-unsaturated/α-hetero) is 1. The minimum atomic E-state index is -4.71. The number of benzene rings is 1. The van der Waals surface area contributed by atoms with Gasteiger partial charge in [0.1, 0.15) is 5.75 Å². The number of hydrogen-bond acceptors (Lipinski definition) is 3. The first-order chi connectivity index (χ1) is 8.90. The van der Waals surface area contributed by atoms with Crippen molar-refractivity contribution in [3.63, 3.8) is 0 Å². The van der Waals surface area contributed by atoms with Crippen LogP contribution in [-0.2, 0) is 11.2 Å². The molecule has 3 nitrogen and oxygen atoms in total. The molecule has 0 aliphatic rings. The van der Waals surface area contributed by atoms with Gasteiger partial charge in [-0.3, -0.25) is 10.1 Å². The second-order valence-electron chi connectivity index (χ2n) is 3.71. The number of alkyl halides is 3. The smallest absolute Gasteiger partial charge is 0.406 e. The fourth-order valence-electron chi connectivity index (χ4n) is 1.37. The van der Waals surface area contributed by atoms with E-state index in [1.54, 1.807) is 0 Å². The zero-order chi connectivity index (χ0) is 14.3. The van der Waals surface area contributed by atoms with E-state index >= 15 is 0 Å². The molecule has 0 fully saturated rings. The number of terminal acetylenes is 1. The van der Waals surface area contributed by atoms with Crippen LogP contribution in [-0.4, -0.2) is 25.2 Å². The molecule has 102 valence electrons. The van der Waals surface area contributed by atoms with Crippen LogP contribution in [0.25, 0.3) is 0 Å². The van der Waals surface area contributed by atoms with Gasteiger partial charge in [0, 0.05) is 6.42 Å². The number of hydrogen-bond donors (Lipinski definition) is 1. The van der Waals surface area contributed by atoms with Crippen LogP contribution in [0.15, 0.2) is 24.3 Å². The van der Waals surface area contributed by atoms with E-state index in [1.165, 1.54) is 24.3 Å². The van der Waals surface area contributed by atoms with Gasteiger partial charge in [-0.15, -0.1) is 19.6 Å². The number of carbonyl (C=O) groups excluding carboxylic acids is 1. The van der Waals surface area contributed by atoms with Crippen LogP contribution < -0.4 is 10.1 Å². The molecule has 0 aliphatic carbocycles. The van der Waals surface area contributed by atoms with Gasteiger partial charge in [0.25, 0.3) is 0 Å². The fraction of sp³-hybridized carbons (Fsp3) is 0.308. The van der Waals surface area contributed by atoms with Crippen molar-refractivity contribution in [2.45, 2.75) is 12.8 Å². The van der Waals surface area contributed by atoms with Crippen LogP contribution in [0.2, 0.25) is 0 Å². The maximum Gasteiger partial charge on any atom is 0.573 e. The topological polar surface area (TPSA) is 38.3 Å². The van der Waals surface area contributed by atoms with E-state index in [0.29, 0.717) is 12.1 Å².